The molecule has 0 unspecified atom stereocenters. The molecule has 0 fully saturated rings. The van der Waals surface area contributed by atoms with Gasteiger partial charge in [0.05, 0.1) is 5.69 Å². The summed E-state index contributed by atoms with van der Waals surface area (Å²) in [5.74, 6) is 0.136. The Hall–Kier alpha value is -2.34. The van der Waals surface area contributed by atoms with Gasteiger partial charge in [0.1, 0.15) is 12.0 Å². The second-order valence-electron chi connectivity index (χ2n) is 3.99. The number of nitrogens with zero attached hydrogens (tertiary/aromatic N) is 1. The van der Waals surface area contributed by atoms with Gasteiger partial charge >= 0.3 is 0 Å². The van der Waals surface area contributed by atoms with Crippen LogP contribution in [0.4, 0.5) is 0 Å². The molecular weight excluding hydrogens is 246 g/mol. The average molecular weight is 261 g/mol. The Morgan fingerprint density at radius 1 is 1.26 bits per heavy atom. The number of ether oxygens (including phenoxy) is 1. The predicted molar refractivity (Wildman–Crippen MR) is 68.2 cm³/mol. The van der Waals surface area contributed by atoms with Gasteiger partial charge in [0.25, 0.3) is 5.91 Å². The first-order chi connectivity index (χ1) is 9.24. The number of hydrogen-bond acceptors (Lipinski definition) is 5. The number of amides is 1. The van der Waals surface area contributed by atoms with Crippen LogP contribution in [0.25, 0.3) is 0 Å². The molecule has 3 N–H and O–H groups in total. The van der Waals surface area contributed by atoms with E-state index in [0.717, 1.165) is 11.3 Å². The standard InChI is InChI=1S/C13H15N3O3/c14-13(17)9-18-12-3-1-10(2-4-12)7-15-8-11-5-6-19-16-11/h1-6,15H,7-9H2,(H2,14,17). The molecule has 1 aromatic carbocycles. The first-order valence-corrected chi connectivity index (χ1v) is 5.84. The third-order valence-electron chi connectivity index (χ3n) is 2.43. The van der Waals surface area contributed by atoms with Crippen LogP contribution < -0.4 is 15.8 Å². The van der Waals surface area contributed by atoms with Crippen molar-refractivity contribution in [3.8, 4) is 5.75 Å². The highest BCUT2D eigenvalue weighted by atomic mass is 16.5. The molecular formula is C13H15N3O3. The number of benzene rings is 1. The number of rotatable bonds is 7. The zero-order valence-electron chi connectivity index (χ0n) is 10.3. The Morgan fingerprint density at radius 2 is 2.05 bits per heavy atom. The molecule has 2 aromatic rings. The molecule has 0 aliphatic heterocycles. The summed E-state index contributed by atoms with van der Waals surface area (Å²) in [4.78, 5) is 10.6. The van der Waals surface area contributed by atoms with E-state index in [9.17, 15) is 4.79 Å². The minimum absolute atomic E-state index is 0.107. The summed E-state index contributed by atoms with van der Waals surface area (Å²) >= 11 is 0. The van der Waals surface area contributed by atoms with E-state index in [0.29, 0.717) is 18.8 Å². The van der Waals surface area contributed by atoms with Crippen LogP contribution in [0.3, 0.4) is 0 Å². The molecule has 0 saturated carbocycles. The molecule has 6 heteroatoms. The minimum Gasteiger partial charge on any atom is -0.484 e. The molecule has 100 valence electrons. The van der Waals surface area contributed by atoms with Crippen LogP contribution in [0.2, 0.25) is 0 Å². The van der Waals surface area contributed by atoms with Gasteiger partial charge in [0, 0.05) is 19.2 Å². The molecule has 1 aromatic heterocycles. The highest BCUT2D eigenvalue weighted by molar-refractivity contribution is 5.75. The molecule has 19 heavy (non-hydrogen) atoms. The lowest BCUT2D eigenvalue weighted by Crippen LogP contribution is -2.20. The van der Waals surface area contributed by atoms with Gasteiger partial charge in [-0.15, -0.1) is 0 Å². The molecule has 1 heterocycles. The van der Waals surface area contributed by atoms with Crippen molar-refractivity contribution >= 4 is 5.91 Å². The molecule has 0 aliphatic carbocycles. The normalized spacial score (nSPS) is 10.3. The van der Waals surface area contributed by atoms with E-state index in [1.165, 1.54) is 0 Å². The van der Waals surface area contributed by atoms with Crippen LogP contribution in [0.15, 0.2) is 41.1 Å². The number of nitrogens with two attached hydrogens (primary N) is 1. The fourth-order valence-electron chi connectivity index (χ4n) is 1.52. The van der Waals surface area contributed by atoms with Crippen molar-refractivity contribution in [1.29, 1.82) is 0 Å². The van der Waals surface area contributed by atoms with E-state index in [1.54, 1.807) is 18.4 Å². The largest absolute Gasteiger partial charge is 0.484 e. The Labute approximate surface area is 110 Å². The minimum atomic E-state index is -0.488. The molecule has 2 rings (SSSR count). The smallest absolute Gasteiger partial charge is 0.255 e. The Balaban J connectivity index is 1.76. The number of hydrogen-bond donors (Lipinski definition) is 2. The summed E-state index contributed by atoms with van der Waals surface area (Å²) in [5.41, 5.74) is 6.96. The van der Waals surface area contributed by atoms with Crippen molar-refractivity contribution in [3.63, 3.8) is 0 Å². The summed E-state index contributed by atoms with van der Waals surface area (Å²) in [7, 11) is 0. The van der Waals surface area contributed by atoms with Gasteiger partial charge in [-0.3, -0.25) is 4.79 Å². The maximum Gasteiger partial charge on any atom is 0.255 e. The van der Waals surface area contributed by atoms with Gasteiger partial charge in [0.2, 0.25) is 0 Å². The first kappa shape index (κ1) is 13.1. The lowest BCUT2D eigenvalue weighted by molar-refractivity contribution is -0.119. The second-order valence-corrected chi connectivity index (χ2v) is 3.99. The van der Waals surface area contributed by atoms with Gasteiger partial charge in [-0.05, 0) is 17.7 Å². The molecule has 0 bridgehead atoms. The monoisotopic (exact) mass is 261 g/mol. The predicted octanol–water partition coefficient (Wildman–Crippen LogP) is 0.828. The van der Waals surface area contributed by atoms with E-state index >= 15 is 0 Å². The fourth-order valence-corrected chi connectivity index (χ4v) is 1.52. The van der Waals surface area contributed by atoms with E-state index in [2.05, 4.69) is 10.5 Å². The molecule has 0 spiro atoms. The summed E-state index contributed by atoms with van der Waals surface area (Å²) in [6.07, 6.45) is 1.54. The molecule has 0 atom stereocenters. The zero-order chi connectivity index (χ0) is 13.5. The highest BCUT2D eigenvalue weighted by Gasteiger charge is 1.99. The summed E-state index contributed by atoms with van der Waals surface area (Å²) in [6, 6.07) is 9.26. The molecule has 0 aliphatic rings. The number of primary amides is 1. The molecule has 1 amide bonds. The Morgan fingerprint density at radius 3 is 2.68 bits per heavy atom. The first-order valence-electron chi connectivity index (χ1n) is 5.84. The third-order valence-corrected chi connectivity index (χ3v) is 2.43. The number of carbonyl (C=O) groups excluding carboxylic acids is 1. The van der Waals surface area contributed by atoms with Gasteiger partial charge in [-0.25, -0.2) is 0 Å². The third kappa shape index (κ3) is 4.44. The van der Waals surface area contributed by atoms with Crippen molar-refractivity contribution in [3.05, 3.63) is 47.9 Å². The van der Waals surface area contributed by atoms with E-state index in [-0.39, 0.29) is 6.61 Å². The van der Waals surface area contributed by atoms with Crippen molar-refractivity contribution < 1.29 is 14.1 Å². The molecule has 0 radical (unpaired) electrons. The zero-order valence-corrected chi connectivity index (χ0v) is 10.3. The van der Waals surface area contributed by atoms with Crippen LogP contribution in [0.5, 0.6) is 5.75 Å². The number of carbonyl (C=O) groups is 1. The van der Waals surface area contributed by atoms with Gasteiger partial charge in [0.15, 0.2) is 6.61 Å². The van der Waals surface area contributed by atoms with Crippen molar-refractivity contribution in [2.45, 2.75) is 13.1 Å². The highest BCUT2D eigenvalue weighted by Crippen LogP contribution is 2.12. The van der Waals surface area contributed by atoms with Gasteiger partial charge in [-0.2, -0.15) is 0 Å². The van der Waals surface area contributed by atoms with Crippen molar-refractivity contribution in [2.75, 3.05) is 6.61 Å². The molecule has 6 nitrogen and oxygen atoms in total. The van der Waals surface area contributed by atoms with Crippen LogP contribution >= 0.6 is 0 Å². The Bertz CT molecular complexity index is 508. The van der Waals surface area contributed by atoms with Crippen LogP contribution in [-0.2, 0) is 17.9 Å². The SMILES string of the molecule is NC(=O)COc1ccc(CNCc2ccon2)cc1. The fraction of sp³-hybridized carbons (Fsp3) is 0.231. The topological polar surface area (TPSA) is 90.4 Å². The number of nitrogens with one attached hydrogen (secondary N) is 1. The average Bonchev–Trinajstić information content (AvgIpc) is 2.91. The summed E-state index contributed by atoms with van der Waals surface area (Å²) in [5, 5.41) is 7.04. The quantitative estimate of drug-likeness (QED) is 0.770. The van der Waals surface area contributed by atoms with Gasteiger partial charge < -0.3 is 20.3 Å². The summed E-state index contributed by atoms with van der Waals surface area (Å²) < 4.78 is 9.90. The number of aromatic nitrogens is 1. The van der Waals surface area contributed by atoms with E-state index in [4.69, 9.17) is 15.0 Å². The maximum absolute atomic E-state index is 10.6. The van der Waals surface area contributed by atoms with Crippen molar-refractivity contribution in [1.82, 2.24) is 10.5 Å². The summed E-state index contributed by atoms with van der Waals surface area (Å²) in [6.45, 7) is 1.25. The van der Waals surface area contributed by atoms with Crippen LogP contribution in [0.1, 0.15) is 11.3 Å². The van der Waals surface area contributed by atoms with Gasteiger partial charge in [-0.1, -0.05) is 17.3 Å². The Kier molecular flexibility index (Phi) is 4.52. The van der Waals surface area contributed by atoms with E-state index < -0.39 is 5.91 Å². The molecule has 0 saturated heterocycles. The van der Waals surface area contributed by atoms with Crippen molar-refractivity contribution in [2.24, 2.45) is 5.73 Å². The lowest BCUT2D eigenvalue weighted by atomic mass is 10.2. The lowest BCUT2D eigenvalue weighted by Gasteiger charge is -2.06. The van der Waals surface area contributed by atoms with E-state index in [1.807, 2.05) is 18.2 Å². The van der Waals surface area contributed by atoms with Crippen LogP contribution in [-0.4, -0.2) is 17.7 Å². The van der Waals surface area contributed by atoms with Crippen LogP contribution in [0, 0.1) is 0 Å². The second kappa shape index (κ2) is 6.55. The maximum atomic E-state index is 10.6.